The number of aromatic nitrogens is 1. The number of hydrogen-bond donors (Lipinski definition) is 0. The van der Waals surface area contributed by atoms with E-state index in [1.807, 2.05) is 24.3 Å². The van der Waals surface area contributed by atoms with Gasteiger partial charge in [-0.2, -0.15) is 4.31 Å². The van der Waals surface area contributed by atoms with Crippen LogP contribution in [0.4, 0.5) is 5.69 Å². The van der Waals surface area contributed by atoms with Gasteiger partial charge in [0, 0.05) is 68.6 Å². The molecular weight excluding hydrogens is 488 g/mol. The second kappa shape index (κ2) is 9.29. The molecule has 0 N–H and O–H groups in total. The monoisotopic (exact) mass is 514 g/mol. The molecule has 184 valence electrons. The lowest BCUT2D eigenvalue weighted by atomic mass is 10.1. The highest BCUT2D eigenvalue weighted by atomic mass is 35.5. The van der Waals surface area contributed by atoms with Crippen molar-refractivity contribution in [1.82, 2.24) is 13.8 Å². The summed E-state index contributed by atoms with van der Waals surface area (Å²) >= 11 is 6.11. The Bertz CT molecular complexity index is 1460. The van der Waals surface area contributed by atoms with Crippen molar-refractivity contribution >= 4 is 44.1 Å². The van der Waals surface area contributed by atoms with E-state index in [-0.39, 0.29) is 21.8 Å². The minimum Gasteiger partial charge on any atom is -0.368 e. The number of amides is 1. The average Bonchev–Trinajstić information content (AvgIpc) is 3.42. The minimum atomic E-state index is -3.67. The van der Waals surface area contributed by atoms with Crippen LogP contribution < -0.4 is 10.3 Å². The van der Waals surface area contributed by atoms with Crippen LogP contribution in [0, 0.1) is 0 Å². The fourth-order valence-electron chi connectivity index (χ4n) is 4.87. The number of nitrogens with zero attached hydrogens (tertiary/aromatic N) is 4. The summed E-state index contributed by atoms with van der Waals surface area (Å²) < 4.78 is 29.2. The smallest absolute Gasteiger partial charge is 0.259 e. The minimum absolute atomic E-state index is 0.0481. The molecule has 8 nitrogen and oxygen atoms in total. The van der Waals surface area contributed by atoms with Crippen molar-refractivity contribution < 1.29 is 13.2 Å². The van der Waals surface area contributed by atoms with Crippen molar-refractivity contribution in [2.24, 2.45) is 7.05 Å². The molecule has 3 aromatic rings. The molecule has 2 saturated heterocycles. The van der Waals surface area contributed by atoms with Gasteiger partial charge >= 0.3 is 0 Å². The van der Waals surface area contributed by atoms with E-state index in [0.717, 1.165) is 18.5 Å². The van der Waals surface area contributed by atoms with E-state index in [2.05, 4.69) is 4.90 Å². The predicted molar refractivity (Wildman–Crippen MR) is 137 cm³/mol. The Morgan fingerprint density at radius 3 is 2.34 bits per heavy atom. The number of piperazine rings is 1. The van der Waals surface area contributed by atoms with Gasteiger partial charge in [0.15, 0.2) is 0 Å². The molecule has 2 aliphatic heterocycles. The average molecular weight is 515 g/mol. The van der Waals surface area contributed by atoms with Gasteiger partial charge in [-0.1, -0.05) is 17.7 Å². The summed E-state index contributed by atoms with van der Waals surface area (Å²) in [5.74, 6) is -0.342. The number of halogens is 1. The van der Waals surface area contributed by atoms with Crippen LogP contribution >= 0.6 is 11.6 Å². The Hall–Kier alpha value is -2.88. The van der Waals surface area contributed by atoms with Crippen molar-refractivity contribution in [3.05, 3.63) is 69.5 Å². The molecule has 0 saturated carbocycles. The zero-order chi connectivity index (χ0) is 24.7. The normalized spacial score (nSPS) is 17.3. The third-order valence-electron chi connectivity index (χ3n) is 6.83. The molecule has 0 aliphatic carbocycles. The number of hydrogen-bond acceptors (Lipinski definition) is 5. The molecule has 0 radical (unpaired) electrons. The first-order chi connectivity index (χ1) is 16.8. The molecule has 0 unspecified atom stereocenters. The molecule has 0 atom stereocenters. The standard InChI is InChI=1S/C25H27ClN4O4S/c1-27-17-22(25(32)29-13-11-28(12-14-29)19-6-4-5-18(26)15-19)24(31)21-16-20(7-8-23(21)27)35(33,34)30-9-2-3-10-30/h4-8,15-17H,2-3,9-14H2,1H3. The number of pyridine rings is 1. The summed E-state index contributed by atoms with van der Waals surface area (Å²) in [5, 5.41) is 0.892. The van der Waals surface area contributed by atoms with Crippen LogP contribution in [0.1, 0.15) is 23.2 Å². The molecule has 2 fully saturated rings. The molecule has 5 rings (SSSR count). The maximum atomic E-state index is 13.4. The quantitative estimate of drug-likeness (QED) is 0.534. The van der Waals surface area contributed by atoms with Gasteiger partial charge < -0.3 is 14.4 Å². The van der Waals surface area contributed by atoms with E-state index in [0.29, 0.717) is 49.8 Å². The van der Waals surface area contributed by atoms with Crippen LogP contribution in [-0.2, 0) is 17.1 Å². The molecule has 35 heavy (non-hydrogen) atoms. The fourth-order valence-corrected chi connectivity index (χ4v) is 6.60. The number of carbonyl (C=O) groups is 1. The first-order valence-electron chi connectivity index (χ1n) is 11.7. The predicted octanol–water partition coefficient (Wildman–Crippen LogP) is 2.94. The van der Waals surface area contributed by atoms with Gasteiger partial charge in [-0.25, -0.2) is 8.42 Å². The van der Waals surface area contributed by atoms with Crippen molar-refractivity contribution in [3.8, 4) is 0 Å². The lowest BCUT2D eigenvalue weighted by Crippen LogP contribution is -2.49. The Morgan fingerprint density at radius 1 is 0.943 bits per heavy atom. The van der Waals surface area contributed by atoms with Gasteiger partial charge in [0.2, 0.25) is 15.5 Å². The fraction of sp³-hybridized carbons (Fsp3) is 0.360. The van der Waals surface area contributed by atoms with Crippen LogP contribution in [0.2, 0.25) is 5.02 Å². The highest BCUT2D eigenvalue weighted by Gasteiger charge is 2.29. The van der Waals surface area contributed by atoms with E-state index in [4.69, 9.17) is 11.6 Å². The van der Waals surface area contributed by atoms with Crippen molar-refractivity contribution in [3.63, 3.8) is 0 Å². The van der Waals surface area contributed by atoms with Gasteiger partial charge in [0.05, 0.1) is 10.4 Å². The molecule has 2 aliphatic rings. The lowest BCUT2D eigenvalue weighted by Gasteiger charge is -2.36. The van der Waals surface area contributed by atoms with Gasteiger partial charge in [0.25, 0.3) is 5.91 Å². The Labute approximate surface area is 209 Å². The first-order valence-corrected chi connectivity index (χ1v) is 13.5. The molecule has 10 heteroatoms. The summed E-state index contributed by atoms with van der Waals surface area (Å²) in [6.07, 6.45) is 3.21. The van der Waals surface area contributed by atoms with Crippen LogP contribution in [-0.4, -0.2) is 67.4 Å². The molecule has 1 amide bonds. The SMILES string of the molecule is Cn1cc(C(=O)N2CCN(c3cccc(Cl)c3)CC2)c(=O)c2cc(S(=O)(=O)N3CCCC3)ccc21. The summed E-state index contributed by atoms with van der Waals surface area (Å²) in [7, 11) is -1.92. The van der Waals surface area contributed by atoms with Crippen molar-refractivity contribution in [2.75, 3.05) is 44.2 Å². The lowest BCUT2D eigenvalue weighted by molar-refractivity contribution is 0.0745. The van der Waals surface area contributed by atoms with Gasteiger partial charge in [-0.05, 0) is 49.2 Å². The van der Waals surface area contributed by atoms with Crippen LogP contribution in [0.15, 0.2) is 58.4 Å². The van der Waals surface area contributed by atoms with Crippen LogP contribution in [0.3, 0.4) is 0 Å². The van der Waals surface area contributed by atoms with E-state index in [9.17, 15) is 18.0 Å². The third kappa shape index (κ3) is 4.44. The zero-order valence-electron chi connectivity index (χ0n) is 19.5. The molecular formula is C25H27ClN4O4S. The van der Waals surface area contributed by atoms with Crippen molar-refractivity contribution in [1.29, 1.82) is 0 Å². The summed E-state index contributed by atoms with van der Waals surface area (Å²) in [6, 6.07) is 12.2. The number of aryl methyl sites for hydroxylation is 1. The van der Waals surface area contributed by atoms with Crippen molar-refractivity contribution in [2.45, 2.75) is 17.7 Å². The third-order valence-corrected chi connectivity index (χ3v) is 8.96. The van der Waals surface area contributed by atoms with Crippen LogP contribution in [0.5, 0.6) is 0 Å². The number of anilines is 1. The summed E-state index contributed by atoms with van der Waals surface area (Å²) in [4.78, 5) is 30.7. The second-order valence-corrected chi connectivity index (χ2v) is 11.4. The van der Waals surface area contributed by atoms with E-state index < -0.39 is 15.5 Å². The Kier molecular flexibility index (Phi) is 6.33. The topological polar surface area (TPSA) is 82.9 Å². The first kappa shape index (κ1) is 23.8. The number of carbonyl (C=O) groups excluding carboxylic acids is 1. The van der Waals surface area contributed by atoms with Gasteiger partial charge in [0.1, 0.15) is 5.56 Å². The van der Waals surface area contributed by atoms with E-state index >= 15 is 0 Å². The maximum absolute atomic E-state index is 13.4. The molecule has 0 bridgehead atoms. The number of benzene rings is 2. The number of sulfonamides is 1. The molecule has 1 aromatic heterocycles. The number of rotatable bonds is 4. The largest absolute Gasteiger partial charge is 0.368 e. The van der Waals surface area contributed by atoms with E-state index in [1.54, 1.807) is 28.8 Å². The maximum Gasteiger partial charge on any atom is 0.259 e. The molecule has 2 aromatic carbocycles. The Morgan fingerprint density at radius 2 is 1.66 bits per heavy atom. The number of fused-ring (bicyclic) bond motifs is 1. The van der Waals surface area contributed by atoms with E-state index in [1.165, 1.54) is 16.4 Å². The molecule has 3 heterocycles. The van der Waals surface area contributed by atoms with Gasteiger partial charge in [-0.3, -0.25) is 9.59 Å². The summed E-state index contributed by atoms with van der Waals surface area (Å²) in [6.45, 7) is 3.15. The molecule has 0 spiro atoms. The zero-order valence-corrected chi connectivity index (χ0v) is 21.1. The highest BCUT2D eigenvalue weighted by Crippen LogP contribution is 2.24. The Balaban J connectivity index is 1.42. The van der Waals surface area contributed by atoms with Gasteiger partial charge in [-0.15, -0.1) is 0 Å². The highest BCUT2D eigenvalue weighted by molar-refractivity contribution is 7.89. The summed E-state index contributed by atoms with van der Waals surface area (Å²) in [5.41, 5.74) is 1.18. The van der Waals surface area contributed by atoms with Crippen LogP contribution in [0.25, 0.3) is 10.9 Å². The second-order valence-electron chi connectivity index (χ2n) is 9.03.